The van der Waals surface area contributed by atoms with Gasteiger partial charge in [0, 0.05) is 23.0 Å². The molecule has 0 fully saturated rings. The molecule has 3 rings (SSSR count). The van der Waals surface area contributed by atoms with E-state index in [4.69, 9.17) is 20.9 Å². The van der Waals surface area contributed by atoms with E-state index in [9.17, 15) is 9.59 Å². The van der Waals surface area contributed by atoms with E-state index in [1.165, 1.54) is 5.56 Å². The lowest BCUT2D eigenvalue weighted by Gasteiger charge is -2.23. The van der Waals surface area contributed by atoms with Crippen molar-refractivity contribution in [3.63, 3.8) is 0 Å². The number of nitrogens with one attached hydrogen (secondary N) is 3. The highest BCUT2D eigenvalue weighted by Gasteiger charge is 2.25. The minimum Gasteiger partial charge on any atom is -0.361 e. The normalized spacial score (nSPS) is 12.8. The number of carbonyl (C=O) groups excluding carboxylic acids is 3. The van der Waals surface area contributed by atoms with Crippen LogP contribution >= 0.6 is 0 Å². The molecule has 9 nitrogen and oxygen atoms in total. The summed E-state index contributed by atoms with van der Waals surface area (Å²) in [5.74, 6) is -0.0753. The molecule has 0 radical (unpaired) electrons. The number of rotatable bonds is 11. The highest BCUT2D eigenvalue weighted by molar-refractivity contribution is 5.85. The number of nitrogens with two attached hydrogens (primary N) is 1. The van der Waals surface area contributed by atoms with E-state index < -0.39 is 11.9 Å². The fraction of sp³-hybridized carbons (Fsp3) is 0.414. The van der Waals surface area contributed by atoms with Crippen molar-refractivity contribution in [2.24, 2.45) is 23.5 Å². The average molecular weight is 527 g/mol. The molecule has 3 atom stereocenters. The van der Waals surface area contributed by atoms with Crippen molar-refractivity contribution in [1.29, 1.82) is 0 Å². The summed E-state index contributed by atoms with van der Waals surface area (Å²) in [5.41, 5.74) is 12.3. The van der Waals surface area contributed by atoms with Crippen LogP contribution in [-0.4, -0.2) is 40.0 Å². The zero-order valence-electron chi connectivity index (χ0n) is 22.5. The molecule has 38 heavy (non-hydrogen) atoms. The molecule has 208 valence electrons. The highest BCUT2D eigenvalue weighted by atomic mass is 16.5. The first kappa shape index (κ1) is 32.5. The lowest BCUT2D eigenvalue weighted by atomic mass is 9.83. The number of fused-ring (bicyclic) bond motifs is 1. The van der Waals surface area contributed by atoms with Gasteiger partial charge in [0.15, 0.2) is 0 Å². The molecule has 9 heteroatoms. The number of aryl methyl sites for hydroxylation is 1. The third kappa shape index (κ3) is 10.8. The average Bonchev–Trinajstić information content (AvgIpc) is 3.34. The van der Waals surface area contributed by atoms with Crippen molar-refractivity contribution in [1.82, 2.24) is 15.9 Å². The molecule has 1 aromatic heterocycles. The van der Waals surface area contributed by atoms with Gasteiger partial charge in [0.25, 0.3) is 5.91 Å². The van der Waals surface area contributed by atoms with Crippen LogP contribution in [0.25, 0.3) is 10.9 Å². The Hall–Kier alpha value is -3.53. The third-order valence-corrected chi connectivity index (χ3v) is 6.36. The molecule has 0 aliphatic carbocycles. The van der Waals surface area contributed by atoms with Gasteiger partial charge in [-0.3, -0.25) is 20.0 Å². The van der Waals surface area contributed by atoms with Gasteiger partial charge >= 0.3 is 0 Å². The van der Waals surface area contributed by atoms with E-state index in [1.807, 2.05) is 60.9 Å². The van der Waals surface area contributed by atoms with Crippen molar-refractivity contribution in [3.05, 3.63) is 71.9 Å². The lowest BCUT2D eigenvalue weighted by Crippen LogP contribution is -2.40. The molecule has 0 unspecified atom stereocenters. The first-order chi connectivity index (χ1) is 18.3. The number of hydroxylamine groups is 2. The van der Waals surface area contributed by atoms with Crippen molar-refractivity contribution in [3.8, 4) is 0 Å². The van der Waals surface area contributed by atoms with Gasteiger partial charge in [0.1, 0.15) is 6.79 Å². The van der Waals surface area contributed by atoms with Crippen molar-refractivity contribution in [2.75, 3.05) is 0 Å². The number of aromatic nitrogens is 1. The zero-order valence-corrected chi connectivity index (χ0v) is 22.5. The molecule has 0 aliphatic rings. The minimum atomic E-state index is -0.746. The molecule has 0 saturated carbocycles. The van der Waals surface area contributed by atoms with Crippen molar-refractivity contribution < 1.29 is 24.8 Å². The van der Waals surface area contributed by atoms with Crippen molar-refractivity contribution >= 4 is 29.5 Å². The monoisotopic (exact) mass is 526 g/mol. The van der Waals surface area contributed by atoms with Crippen LogP contribution in [0.1, 0.15) is 51.2 Å². The molecular weight excluding hydrogens is 484 g/mol. The lowest BCUT2D eigenvalue weighted by molar-refractivity contribution is -0.135. The molecule has 0 aliphatic heterocycles. The summed E-state index contributed by atoms with van der Waals surface area (Å²) in [5, 5.41) is 18.4. The number of amides is 2. The third-order valence-electron chi connectivity index (χ3n) is 6.36. The van der Waals surface area contributed by atoms with Gasteiger partial charge in [-0.15, -0.1) is 0 Å². The molecule has 0 saturated heterocycles. The van der Waals surface area contributed by atoms with Gasteiger partial charge in [-0.05, 0) is 61.1 Å². The van der Waals surface area contributed by atoms with Crippen LogP contribution in [0.5, 0.6) is 0 Å². The van der Waals surface area contributed by atoms with Crippen LogP contribution in [0.3, 0.4) is 0 Å². The molecule has 3 aromatic rings. The minimum absolute atomic E-state index is 0.105. The standard InChI is InChI=1S/C17H27NO2.C11H13N3O2.CH2O/c1-13(2)12-14(3)16(17(19)18-20)11-7-10-15-8-5-4-6-9-15;12-9(11(15)14-16)5-7-6-13-10-4-2-1-3-8(7)10;1-2/h4-6,8-9,13-14,16,20H,7,10-12H2,1-3H3,(H,18,19);1-4,6,9,13,16H,5,12H2,(H,14,15);1H2/t14-,16+;9-;/m10./s1. The number of para-hydroxylation sites is 1. The Balaban J connectivity index is 0.000000363. The maximum Gasteiger partial charge on any atom is 0.260 e. The van der Waals surface area contributed by atoms with Gasteiger partial charge in [-0.2, -0.15) is 0 Å². The SMILES string of the molecule is C=O.CC(C)C[C@@H](C)[C@H](CCCc1ccccc1)C(=O)NO.N[C@@H](Cc1c[nH]c2ccccc12)C(=O)NO. The molecule has 0 spiro atoms. The second-order valence-electron chi connectivity index (χ2n) is 9.71. The molecule has 0 bridgehead atoms. The van der Waals surface area contributed by atoms with E-state index in [0.717, 1.165) is 42.1 Å². The maximum absolute atomic E-state index is 11.8. The first-order valence-electron chi connectivity index (χ1n) is 12.8. The van der Waals surface area contributed by atoms with E-state index >= 15 is 0 Å². The molecule has 2 amide bonds. The fourth-order valence-corrected chi connectivity index (χ4v) is 4.55. The van der Waals surface area contributed by atoms with Crippen LogP contribution in [0.2, 0.25) is 0 Å². The van der Waals surface area contributed by atoms with Gasteiger partial charge in [-0.1, -0.05) is 69.3 Å². The summed E-state index contributed by atoms with van der Waals surface area (Å²) in [7, 11) is 0. The summed E-state index contributed by atoms with van der Waals surface area (Å²) in [6.45, 7) is 8.42. The first-order valence-corrected chi connectivity index (χ1v) is 12.8. The maximum atomic E-state index is 11.8. The van der Waals surface area contributed by atoms with E-state index in [-0.39, 0.29) is 17.7 Å². The van der Waals surface area contributed by atoms with E-state index in [2.05, 4.69) is 37.9 Å². The van der Waals surface area contributed by atoms with Crippen LogP contribution in [0.4, 0.5) is 0 Å². The number of hydrogen-bond acceptors (Lipinski definition) is 6. The Morgan fingerprint density at radius 3 is 2.16 bits per heavy atom. The van der Waals surface area contributed by atoms with Crippen molar-refractivity contribution in [2.45, 2.75) is 58.9 Å². The molecule has 7 N–H and O–H groups in total. The van der Waals surface area contributed by atoms with Crippen LogP contribution in [0.15, 0.2) is 60.8 Å². The van der Waals surface area contributed by atoms with Gasteiger partial charge < -0.3 is 15.5 Å². The number of carbonyl (C=O) groups is 3. The topological polar surface area (TPSA) is 158 Å². The summed E-state index contributed by atoms with van der Waals surface area (Å²) in [6, 6.07) is 17.3. The second kappa shape index (κ2) is 17.8. The van der Waals surface area contributed by atoms with Gasteiger partial charge in [-0.25, -0.2) is 11.0 Å². The van der Waals surface area contributed by atoms with Crippen LogP contribution < -0.4 is 16.7 Å². The zero-order chi connectivity index (χ0) is 28.5. The highest BCUT2D eigenvalue weighted by Crippen LogP contribution is 2.25. The number of benzene rings is 2. The van der Waals surface area contributed by atoms with Gasteiger partial charge in [0.2, 0.25) is 5.91 Å². The van der Waals surface area contributed by atoms with E-state index in [1.54, 1.807) is 5.48 Å². The van der Waals surface area contributed by atoms with Crippen LogP contribution in [-0.2, 0) is 27.2 Å². The predicted molar refractivity (Wildman–Crippen MR) is 148 cm³/mol. The summed E-state index contributed by atoms with van der Waals surface area (Å²) >= 11 is 0. The Kier molecular flexibility index (Phi) is 15.3. The number of hydrogen-bond donors (Lipinski definition) is 6. The fourth-order valence-electron chi connectivity index (χ4n) is 4.55. The Morgan fingerprint density at radius 1 is 0.947 bits per heavy atom. The summed E-state index contributed by atoms with van der Waals surface area (Å²) < 4.78 is 0. The quantitative estimate of drug-likeness (QED) is 0.163. The number of H-pyrrole nitrogens is 1. The Labute approximate surface area is 224 Å². The van der Waals surface area contributed by atoms with Gasteiger partial charge in [0.05, 0.1) is 6.04 Å². The van der Waals surface area contributed by atoms with Crippen LogP contribution in [0, 0.1) is 17.8 Å². The Morgan fingerprint density at radius 2 is 1.55 bits per heavy atom. The predicted octanol–water partition coefficient (Wildman–Crippen LogP) is 4.17. The number of aromatic amines is 1. The second-order valence-corrected chi connectivity index (χ2v) is 9.71. The summed E-state index contributed by atoms with van der Waals surface area (Å²) in [6.07, 6.45) is 5.97. The van der Waals surface area contributed by atoms with E-state index in [0.29, 0.717) is 12.3 Å². The molecule has 2 aromatic carbocycles. The largest absolute Gasteiger partial charge is 0.361 e. The molecule has 1 heterocycles. The molecular formula is C29H42N4O5. The Bertz CT molecular complexity index is 1090. The summed E-state index contributed by atoms with van der Waals surface area (Å²) in [4.78, 5) is 34.0. The smallest absolute Gasteiger partial charge is 0.260 e.